The molecule has 0 bridgehead atoms. The normalized spacial score (nSPS) is 29.1. The van der Waals surface area contributed by atoms with Crippen LogP contribution in [0.2, 0.25) is 0 Å². The third-order valence-electron chi connectivity index (χ3n) is 3.89. The topological polar surface area (TPSA) is 32.3 Å². The Bertz CT molecular complexity index is 250. The number of piperidine rings is 1. The molecule has 1 N–H and O–H groups in total. The second-order valence-electron chi connectivity index (χ2n) is 5.32. The zero-order valence-electron chi connectivity index (χ0n) is 9.24. The van der Waals surface area contributed by atoms with Crippen LogP contribution in [0.3, 0.4) is 0 Å². The Kier molecular flexibility index (Phi) is 2.43. The number of rotatable bonds is 3. The van der Waals surface area contributed by atoms with Crippen LogP contribution in [0.1, 0.15) is 38.5 Å². The molecule has 2 aliphatic carbocycles. The first-order valence-corrected chi connectivity index (χ1v) is 6.37. The summed E-state index contributed by atoms with van der Waals surface area (Å²) in [7, 11) is 0. The van der Waals surface area contributed by atoms with Gasteiger partial charge >= 0.3 is 0 Å². The van der Waals surface area contributed by atoms with Crippen LogP contribution in [0.25, 0.3) is 0 Å². The molecule has 3 heteroatoms. The molecule has 0 spiro atoms. The molecule has 15 heavy (non-hydrogen) atoms. The van der Waals surface area contributed by atoms with Gasteiger partial charge < -0.3 is 10.2 Å². The summed E-state index contributed by atoms with van der Waals surface area (Å²) < 4.78 is 0. The molecule has 3 aliphatic rings. The van der Waals surface area contributed by atoms with Crippen molar-refractivity contribution in [1.29, 1.82) is 0 Å². The number of nitrogens with zero attached hydrogens (tertiary/aromatic N) is 1. The van der Waals surface area contributed by atoms with Crippen molar-refractivity contribution in [3.05, 3.63) is 0 Å². The minimum atomic E-state index is 0.319. The summed E-state index contributed by atoms with van der Waals surface area (Å²) in [5.41, 5.74) is 0. The van der Waals surface area contributed by atoms with Gasteiger partial charge in [-0.05, 0) is 38.5 Å². The summed E-state index contributed by atoms with van der Waals surface area (Å²) in [6.45, 7) is 2.39. The molecule has 0 radical (unpaired) electrons. The van der Waals surface area contributed by atoms with E-state index in [0.717, 1.165) is 31.7 Å². The zero-order valence-corrected chi connectivity index (χ0v) is 9.24. The Hall–Kier alpha value is -0.570. The zero-order chi connectivity index (χ0) is 10.3. The fourth-order valence-corrected chi connectivity index (χ4v) is 2.51. The van der Waals surface area contributed by atoms with Gasteiger partial charge in [0.15, 0.2) is 0 Å². The quantitative estimate of drug-likeness (QED) is 0.754. The van der Waals surface area contributed by atoms with Crippen molar-refractivity contribution in [2.24, 2.45) is 5.92 Å². The van der Waals surface area contributed by atoms with E-state index in [4.69, 9.17) is 0 Å². The predicted molar refractivity (Wildman–Crippen MR) is 58.5 cm³/mol. The van der Waals surface area contributed by atoms with Crippen molar-refractivity contribution in [3.63, 3.8) is 0 Å². The molecule has 2 saturated carbocycles. The van der Waals surface area contributed by atoms with Gasteiger partial charge in [-0.2, -0.15) is 0 Å². The standard InChI is InChI=1S/C12H20N2O/c15-12(9-1-2-9)13-10-5-7-14(8-6-10)11-3-4-11/h9-11H,1-8H2,(H,13,15). The van der Waals surface area contributed by atoms with Gasteiger partial charge in [-0.3, -0.25) is 4.79 Å². The molecule has 1 heterocycles. The summed E-state index contributed by atoms with van der Waals surface area (Å²) >= 11 is 0. The largest absolute Gasteiger partial charge is 0.353 e. The minimum absolute atomic E-state index is 0.319. The number of hydrogen-bond donors (Lipinski definition) is 1. The average Bonchev–Trinajstić information content (AvgIpc) is 3.11. The second-order valence-corrected chi connectivity index (χ2v) is 5.32. The van der Waals surface area contributed by atoms with Gasteiger partial charge in [-0.1, -0.05) is 0 Å². The number of hydrogen-bond acceptors (Lipinski definition) is 2. The molecule has 3 nitrogen and oxygen atoms in total. The number of amides is 1. The predicted octanol–water partition coefficient (Wildman–Crippen LogP) is 1.14. The molecular formula is C12H20N2O. The number of carbonyl (C=O) groups is 1. The molecule has 0 unspecified atom stereocenters. The Morgan fingerprint density at radius 3 is 2.20 bits per heavy atom. The van der Waals surface area contributed by atoms with Crippen LogP contribution < -0.4 is 5.32 Å². The Morgan fingerprint density at radius 1 is 1.00 bits per heavy atom. The fraction of sp³-hybridized carbons (Fsp3) is 0.917. The summed E-state index contributed by atoms with van der Waals surface area (Å²) in [6, 6.07) is 1.36. The molecule has 0 aromatic heterocycles. The maximum absolute atomic E-state index is 11.6. The van der Waals surface area contributed by atoms with Crippen molar-refractivity contribution in [2.45, 2.75) is 50.6 Å². The van der Waals surface area contributed by atoms with Crippen molar-refractivity contribution in [1.82, 2.24) is 10.2 Å². The van der Waals surface area contributed by atoms with Gasteiger partial charge in [0.05, 0.1) is 0 Å². The Balaban J connectivity index is 1.42. The summed E-state index contributed by atoms with van der Waals surface area (Å²) in [5.74, 6) is 0.686. The van der Waals surface area contributed by atoms with Gasteiger partial charge in [-0.15, -0.1) is 0 Å². The number of nitrogens with one attached hydrogen (secondary N) is 1. The van der Waals surface area contributed by atoms with Gasteiger partial charge in [0.25, 0.3) is 0 Å². The highest BCUT2D eigenvalue weighted by molar-refractivity contribution is 5.81. The van der Waals surface area contributed by atoms with E-state index in [1.807, 2.05) is 0 Å². The Morgan fingerprint density at radius 2 is 1.67 bits per heavy atom. The highest BCUT2D eigenvalue weighted by Crippen LogP contribution is 2.31. The molecule has 1 amide bonds. The van der Waals surface area contributed by atoms with Gasteiger partial charge in [0.2, 0.25) is 5.91 Å². The maximum atomic E-state index is 11.6. The van der Waals surface area contributed by atoms with E-state index in [0.29, 0.717) is 17.9 Å². The molecule has 0 aromatic rings. The summed E-state index contributed by atoms with van der Waals surface area (Å²) in [6.07, 6.45) is 7.36. The van der Waals surface area contributed by atoms with Crippen LogP contribution >= 0.6 is 0 Å². The molecule has 1 saturated heterocycles. The first-order chi connectivity index (χ1) is 7.33. The Labute approximate surface area is 91.2 Å². The molecular weight excluding hydrogens is 188 g/mol. The lowest BCUT2D eigenvalue weighted by Crippen LogP contribution is -2.45. The fourth-order valence-electron chi connectivity index (χ4n) is 2.51. The summed E-state index contributed by atoms with van der Waals surface area (Å²) in [4.78, 5) is 14.2. The van der Waals surface area contributed by atoms with Crippen LogP contribution in [0.15, 0.2) is 0 Å². The van der Waals surface area contributed by atoms with E-state index in [1.165, 1.54) is 25.9 Å². The van der Waals surface area contributed by atoms with Crippen LogP contribution in [0.4, 0.5) is 0 Å². The molecule has 0 atom stereocenters. The first kappa shape index (κ1) is 9.64. The van der Waals surface area contributed by atoms with Crippen LogP contribution in [0, 0.1) is 5.92 Å². The van der Waals surface area contributed by atoms with Crippen LogP contribution in [-0.4, -0.2) is 36.0 Å². The van der Waals surface area contributed by atoms with E-state index in [1.54, 1.807) is 0 Å². The van der Waals surface area contributed by atoms with E-state index in [2.05, 4.69) is 10.2 Å². The van der Waals surface area contributed by atoms with Crippen LogP contribution in [0.5, 0.6) is 0 Å². The van der Waals surface area contributed by atoms with E-state index in [9.17, 15) is 4.79 Å². The third kappa shape index (κ3) is 2.33. The average molecular weight is 208 g/mol. The third-order valence-corrected chi connectivity index (χ3v) is 3.89. The lowest BCUT2D eigenvalue weighted by molar-refractivity contribution is -0.123. The maximum Gasteiger partial charge on any atom is 0.223 e. The van der Waals surface area contributed by atoms with E-state index >= 15 is 0 Å². The lowest BCUT2D eigenvalue weighted by atomic mass is 10.0. The van der Waals surface area contributed by atoms with E-state index < -0.39 is 0 Å². The van der Waals surface area contributed by atoms with Crippen molar-refractivity contribution >= 4 is 5.91 Å². The molecule has 84 valence electrons. The van der Waals surface area contributed by atoms with Crippen molar-refractivity contribution < 1.29 is 4.79 Å². The minimum Gasteiger partial charge on any atom is -0.353 e. The monoisotopic (exact) mass is 208 g/mol. The number of carbonyl (C=O) groups excluding carboxylic acids is 1. The smallest absolute Gasteiger partial charge is 0.223 e. The molecule has 3 fully saturated rings. The van der Waals surface area contributed by atoms with Gasteiger partial charge in [-0.25, -0.2) is 0 Å². The summed E-state index contributed by atoms with van der Waals surface area (Å²) in [5, 5.41) is 3.20. The van der Waals surface area contributed by atoms with Gasteiger partial charge in [0.1, 0.15) is 0 Å². The highest BCUT2D eigenvalue weighted by atomic mass is 16.2. The van der Waals surface area contributed by atoms with Gasteiger partial charge in [0, 0.05) is 31.1 Å². The van der Waals surface area contributed by atoms with E-state index in [-0.39, 0.29) is 0 Å². The first-order valence-electron chi connectivity index (χ1n) is 6.37. The highest BCUT2D eigenvalue weighted by Gasteiger charge is 2.34. The SMILES string of the molecule is O=C(NC1CCN(C2CC2)CC1)C1CC1. The molecule has 1 aliphatic heterocycles. The lowest BCUT2D eigenvalue weighted by Gasteiger charge is -2.32. The van der Waals surface area contributed by atoms with Crippen molar-refractivity contribution in [3.8, 4) is 0 Å². The van der Waals surface area contributed by atoms with Crippen molar-refractivity contribution in [2.75, 3.05) is 13.1 Å². The molecule has 0 aromatic carbocycles. The second kappa shape index (κ2) is 3.78. The number of likely N-dealkylation sites (tertiary alicyclic amines) is 1. The molecule has 3 rings (SSSR count). The van der Waals surface area contributed by atoms with Crippen LogP contribution in [-0.2, 0) is 4.79 Å².